The summed E-state index contributed by atoms with van der Waals surface area (Å²) in [5.41, 5.74) is 7.48. The molecule has 15 heteroatoms. The van der Waals surface area contributed by atoms with Crippen LogP contribution in [-0.4, -0.2) is 140 Å². The summed E-state index contributed by atoms with van der Waals surface area (Å²) in [6.45, 7) is 51.4. The number of aliphatic carboxylic acids is 1. The highest BCUT2D eigenvalue weighted by Gasteiger charge is 2.69. The topological polar surface area (TPSA) is 291 Å². The van der Waals surface area contributed by atoms with E-state index >= 15 is 0 Å². The maximum absolute atomic E-state index is 13.4. The Morgan fingerprint density at radius 1 is 0.313 bits per heavy atom. The maximum atomic E-state index is 13.4. The predicted molar refractivity (Wildman–Crippen MR) is 592 cm³/mol. The third-order valence-corrected chi connectivity index (χ3v) is 50.6. The van der Waals surface area contributed by atoms with Crippen molar-refractivity contribution in [1.29, 1.82) is 0 Å². The summed E-state index contributed by atoms with van der Waals surface area (Å²) < 4.78 is 0. The van der Waals surface area contributed by atoms with Crippen LogP contribution in [-0.2, 0) is 19.2 Å². The Morgan fingerprint density at radius 2 is 0.565 bits per heavy atom. The quantitative estimate of drug-likeness (QED) is 0.0379. The van der Waals surface area contributed by atoms with Crippen molar-refractivity contribution in [3.63, 3.8) is 0 Å². The van der Waals surface area contributed by atoms with Gasteiger partial charge in [-0.2, -0.15) is 0 Å². The maximum Gasteiger partial charge on any atom is 0.303 e. The van der Waals surface area contributed by atoms with Gasteiger partial charge in [0.25, 0.3) is 0 Å². The van der Waals surface area contributed by atoms with Crippen LogP contribution >= 0.6 is 0 Å². The van der Waals surface area contributed by atoms with Gasteiger partial charge in [0.1, 0.15) is 0 Å². The lowest BCUT2D eigenvalue weighted by atomic mass is 9.46. The number of carbonyl (C=O) groups is 4. The minimum Gasteiger partial charge on any atom is -0.481 e. The largest absolute Gasteiger partial charge is 0.481 e. The molecule has 0 aromatic carbocycles. The Labute approximate surface area is 892 Å². The van der Waals surface area contributed by atoms with E-state index in [1.54, 1.807) is 0 Å². The average molecular weight is 2040 g/mol. The summed E-state index contributed by atoms with van der Waals surface area (Å²) in [6.07, 6.45) is 61.3. The molecule has 0 heterocycles. The monoisotopic (exact) mass is 2040 g/mol. The van der Waals surface area contributed by atoms with Crippen LogP contribution in [0.25, 0.3) is 0 Å². The first-order valence-corrected chi connectivity index (χ1v) is 62.2. The SMILES string of the molecule is CC(C)CCCC(C)C1CCC2C3C(CCC12C)C1(C)CC[C@H](O)CC1=C[C@@H]3O.CC(CCC(=O)O)C1CCC2C3C(=O)C=C4C[C@@H](O)CCC4(C)C3CCC12C.CC(CCCC(C)(C)O)C1CCC2C3C(=O)C=C4C[C@@H](O)CCC4(C)C3CCC12C.CC(CCCC(C)(C)O)C1CCC2C3C(CCC12C)C1(C)CC[C@H](O)CC1=C[C@@H]3O.CC(CO)CCCC(C)C1CCC2C3C(=O)C=C4C[C@@H](O)CCC4(C)C3CCC12C. The highest BCUT2D eigenvalue weighted by molar-refractivity contribution is 5.96. The van der Waals surface area contributed by atoms with Crippen LogP contribution in [0.5, 0.6) is 0 Å². The molecule has 43 atom stereocenters. The molecule has 20 aliphatic rings. The van der Waals surface area contributed by atoms with Crippen molar-refractivity contribution in [3.05, 3.63) is 58.2 Å². The summed E-state index contributed by atoms with van der Waals surface area (Å²) in [4.78, 5) is 51.1. The van der Waals surface area contributed by atoms with Gasteiger partial charge in [0.2, 0.25) is 0 Å². The Hall–Kier alpha value is -3.22. The standard InChI is InChI=1S/C27H46O3.2C27H44O3.C27H46O2.C24H36O4/c2*1-17(7-6-12-25(2,3)30)20-8-9-21-24-22(11-14-27(20,21)5)26(4)13-10-19(28)15-18(26)16-23(24)29;1-17(16-28)6-5-7-18(2)21-8-9-22-25-23(11-13-27(21,22)4)26(3)12-10-20(29)14-19(26)15-24(25)30;1-17(2)7-6-8-18(3)21-9-10-22-25-23(12-14-27(21,22)5)26(4)13-11-20(28)15-19(26)16-24(25)29;1-14(4-7-21(27)28)17-5-6-18-22-19(9-11-24(17,18)3)23(2)10-8-16(25)12-15(23)13-20(22)26/h16-17,19-24,28-30H,6-15H2,1-5H3;16-17,19-22,24,28,30H,6-15H2,1-5H3;15,17-18,20-23,25,28-29H,5-14,16H2,1-4H3;16-18,20-25,28-29H,6-15H2,1-5H3;13-14,16-19,22,25H,4-12H2,1-3H3,(H,27,28)/t17?,19-,20?,21?,22?,23-,24?,26?,27?;17?,19-,20?,21?,22?,24?,26?,27?;17?,18?,20-,21?,22?,23?,25?,26?,27?;18?,20-,21?,22?,23?,24-,25?,26?,27?;14?,16-,17?,18?,19?,22?,23?,24?/m00000/s1. The molecule has 0 radical (unpaired) electrons. The zero-order chi connectivity index (χ0) is 107. The van der Waals surface area contributed by atoms with E-state index < -0.39 is 17.2 Å². The van der Waals surface area contributed by atoms with Crippen molar-refractivity contribution >= 4 is 23.3 Å². The molecular formula is C132H216O15. The van der Waals surface area contributed by atoms with Gasteiger partial charge in [-0.15, -0.1) is 0 Å². The van der Waals surface area contributed by atoms with E-state index in [-0.39, 0.29) is 105 Å². The molecule has 0 aromatic heterocycles. The van der Waals surface area contributed by atoms with Crippen LogP contribution in [0.2, 0.25) is 0 Å². The third-order valence-electron chi connectivity index (χ3n) is 50.6. The Balaban J connectivity index is 0.000000131. The number of ketones is 3. The number of fused-ring (bicyclic) bond motifs is 25. The first-order valence-electron chi connectivity index (χ1n) is 62.2. The number of carboxylic acids is 1. The van der Waals surface area contributed by atoms with E-state index in [1.165, 1.54) is 176 Å². The number of aliphatic hydroxyl groups excluding tert-OH is 8. The van der Waals surface area contributed by atoms with Crippen LogP contribution in [0.1, 0.15) is 467 Å². The normalized spacial score (nSPS) is 46.2. The Morgan fingerprint density at radius 3 is 0.844 bits per heavy atom. The lowest BCUT2D eigenvalue weighted by Crippen LogP contribution is -2.54. The van der Waals surface area contributed by atoms with Crippen LogP contribution in [0.4, 0.5) is 0 Å². The number of rotatable bonds is 25. The molecule has 0 saturated heterocycles. The van der Waals surface area contributed by atoms with Crippen molar-refractivity contribution in [3.8, 4) is 0 Å². The van der Waals surface area contributed by atoms with Crippen molar-refractivity contribution in [2.45, 2.75) is 521 Å². The Bertz CT molecular complexity index is 4710. The molecule has 36 unspecified atom stereocenters. The highest BCUT2D eigenvalue weighted by Crippen LogP contribution is 2.75. The summed E-state index contributed by atoms with van der Waals surface area (Å²) in [6, 6.07) is 0. The van der Waals surface area contributed by atoms with Crippen molar-refractivity contribution in [1.82, 2.24) is 0 Å². The van der Waals surface area contributed by atoms with Crippen LogP contribution in [0.15, 0.2) is 58.2 Å². The average Bonchev–Trinajstić information content (AvgIpc) is 1.63. The smallest absolute Gasteiger partial charge is 0.303 e. The third kappa shape index (κ3) is 22.5. The molecular weight excluding hydrogens is 1830 g/mol. The van der Waals surface area contributed by atoms with Gasteiger partial charge in [0.15, 0.2) is 17.3 Å². The zero-order valence-corrected chi connectivity index (χ0v) is 96.9. The van der Waals surface area contributed by atoms with E-state index in [4.69, 9.17) is 5.11 Å². The summed E-state index contributed by atoms with van der Waals surface area (Å²) in [5.74, 6) is 15.0. The van der Waals surface area contributed by atoms with Crippen LogP contribution < -0.4 is 0 Å². The molecule has 0 bridgehead atoms. The van der Waals surface area contributed by atoms with Gasteiger partial charge in [-0.1, -0.05) is 222 Å². The lowest BCUT2D eigenvalue weighted by Gasteiger charge is -2.59. The minimum atomic E-state index is -0.706. The van der Waals surface area contributed by atoms with Gasteiger partial charge in [-0.25, -0.2) is 0 Å². The van der Waals surface area contributed by atoms with E-state index in [0.29, 0.717) is 172 Å². The number of hydrogen-bond acceptors (Lipinski definition) is 14. The fraction of sp³-hybridized carbons (Fsp3) is 0.894. The fourth-order valence-electron chi connectivity index (χ4n) is 42.1. The number of carboxylic acid groups (broad SMARTS) is 1. The Kier molecular flexibility index (Phi) is 35.5. The second-order valence-electron chi connectivity index (χ2n) is 60.4. The lowest BCUT2D eigenvalue weighted by molar-refractivity contribution is -0.138. The minimum absolute atomic E-state index is 0.0755. The molecule has 20 aliphatic carbocycles. The number of aliphatic hydroxyl groups is 10. The number of carbonyl (C=O) groups excluding carboxylic acids is 3. The first kappa shape index (κ1) is 116. The molecule has 0 aromatic rings. The van der Waals surface area contributed by atoms with E-state index in [0.717, 1.165) is 171 Å². The van der Waals surface area contributed by atoms with Crippen molar-refractivity contribution in [2.75, 3.05) is 6.61 Å². The van der Waals surface area contributed by atoms with E-state index in [2.05, 4.69) is 137 Å². The van der Waals surface area contributed by atoms with Gasteiger partial charge in [-0.3, -0.25) is 19.2 Å². The molecule has 0 aliphatic heterocycles. The fourth-order valence-corrected chi connectivity index (χ4v) is 42.1. The van der Waals surface area contributed by atoms with Crippen LogP contribution in [0.3, 0.4) is 0 Å². The van der Waals surface area contributed by atoms with Gasteiger partial charge >= 0.3 is 5.97 Å². The second kappa shape index (κ2) is 44.9. The predicted octanol–water partition coefficient (Wildman–Crippen LogP) is 27.7. The second-order valence-corrected chi connectivity index (χ2v) is 60.4. The van der Waals surface area contributed by atoms with Gasteiger partial charge in [-0.05, 0) is 493 Å². The zero-order valence-electron chi connectivity index (χ0n) is 96.9. The van der Waals surface area contributed by atoms with Gasteiger partial charge in [0, 0.05) is 30.8 Å². The van der Waals surface area contributed by atoms with Crippen molar-refractivity contribution < 1.29 is 75.3 Å². The van der Waals surface area contributed by atoms with Crippen LogP contribution in [0, 0.1) is 214 Å². The molecule has 11 N–H and O–H groups in total. The molecule has 15 nitrogen and oxygen atoms in total. The summed E-state index contributed by atoms with van der Waals surface area (Å²) in [5, 5.41) is 112. The van der Waals surface area contributed by atoms with Crippen molar-refractivity contribution in [2.24, 2.45) is 214 Å². The molecule has 0 spiro atoms. The molecule has 834 valence electrons. The molecule has 147 heavy (non-hydrogen) atoms. The summed E-state index contributed by atoms with van der Waals surface area (Å²) in [7, 11) is 0. The van der Waals surface area contributed by atoms with Gasteiger partial charge in [0.05, 0.1) is 53.9 Å². The molecule has 15 saturated carbocycles. The van der Waals surface area contributed by atoms with Gasteiger partial charge < -0.3 is 56.2 Å². The van der Waals surface area contributed by atoms with E-state index in [1.807, 2.05) is 45.9 Å². The van der Waals surface area contributed by atoms with E-state index in [9.17, 15) is 70.2 Å². The summed E-state index contributed by atoms with van der Waals surface area (Å²) >= 11 is 0. The highest BCUT2D eigenvalue weighted by atomic mass is 16.4. The first-order chi connectivity index (χ1) is 68.9. The molecule has 0 amide bonds. The number of hydrogen-bond donors (Lipinski definition) is 11. The molecule has 15 fully saturated rings. The number of allylic oxidation sites excluding steroid dienone is 3. The molecule has 20 rings (SSSR count).